The Morgan fingerprint density at radius 1 is 1.00 bits per heavy atom. The number of benzene rings is 2. The Morgan fingerprint density at radius 3 is 2.25 bits per heavy atom. The predicted molar refractivity (Wildman–Crippen MR) is 89.6 cm³/mol. The SMILES string of the molecule is CNC(CSc1ccccc1C)c1cc(C)cc(C)c1. The van der Waals surface area contributed by atoms with Gasteiger partial charge < -0.3 is 5.32 Å². The molecule has 2 heteroatoms. The number of hydrogen-bond donors (Lipinski definition) is 1. The molecule has 0 radical (unpaired) electrons. The van der Waals surface area contributed by atoms with Crippen molar-refractivity contribution in [3.05, 3.63) is 64.7 Å². The van der Waals surface area contributed by atoms with Crippen molar-refractivity contribution in [3.63, 3.8) is 0 Å². The van der Waals surface area contributed by atoms with Gasteiger partial charge in [0.1, 0.15) is 0 Å². The zero-order chi connectivity index (χ0) is 14.5. The van der Waals surface area contributed by atoms with Crippen LogP contribution in [0.15, 0.2) is 47.4 Å². The van der Waals surface area contributed by atoms with Gasteiger partial charge in [-0.2, -0.15) is 0 Å². The van der Waals surface area contributed by atoms with Crippen LogP contribution in [-0.4, -0.2) is 12.8 Å². The summed E-state index contributed by atoms with van der Waals surface area (Å²) in [6, 6.07) is 15.8. The first kappa shape index (κ1) is 15.1. The summed E-state index contributed by atoms with van der Waals surface area (Å²) in [6.07, 6.45) is 0. The fourth-order valence-electron chi connectivity index (χ4n) is 2.45. The average molecular weight is 285 g/mol. The lowest BCUT2D eigenvalue weighted by Crippen LogP contribution is -2.19. The largest absolute Gasteiger partial charge is 0.312 e. The molecule has 0 saturated carbocycles. The molecule has 0 aliphatic heterocycles. The smallest absolute Gasteiger partial charge is 0.0413 e. The molecule has 1 unspecified atom stereocenters. The molecule has 0 fully saturated rings. The molecule has 0 saturated heterocycles. The molecule has 0 aliphatic carbocycles. The topological polar surface area (TPSA) is 12.0 Å². The highest BCUT2D eigenvalue weighted by Crippen LogP contribution is 2.27. The molecule has 1 atom stereocenters. The van der Waals surface area contributed by atoms with E-state index in [1.165, 1.54) is 27.1 Å². The van der Waals surface area contributed by atoms with E-state index in [1.807, 2.05) is 18.8 Å². The van der Waals surface area contributed by atoms with Gasteiger partial charge in [-0.05, 0) is 45.0 Å². The van der Waals surface area contributed by atoms with Crippen LogP contribution >= 0.6 is 11.8 Å². The Hall–Kier alpha value is -1.25. The van der Waals surface area contributed by atoms with Crippen LogP contribution in [0.5, 0.6) is 0 Å². The Balaban J connectivity index is 2.11. The van der Waals surface area contributed by atoms with Crippen molar-refractivity contribution in [2.45, 2.75) is 31.7 Å². The van der Waals surface area contributed by atoms with Gasteiger partial charge in [-0.1, -0.05) is 47.5 Å². The van der Waals surface area contributed by atoms with Crippen molar-refractivity contribution in [1.82, 2.24) is 5.32 Å². The van der Waals surface area contributed by atoms with E-state index in [-0.39, 0.29) is 0 Å². The van der Waals surface area contributed by atoms with E-state index >= 15 is 0 Å². The summed E-state index contributed by atoms with van der Waals surface area (Å²) in [4.78, 5) is 1.37. The third-order valence-electron chi connectivity index (χ3n) is 3.49. The van der Waals surface area contributed by atoms with Gasteiger partial charge in [0.2, 0.25) is 0 Å². The molecule has 0 spiro atoms. The van der Waals surface area contributed by atoms with Gasteiger partial charge in [-0.15, -0.1) is 11.8 Å². The van der Waals surface area contributed by atoms with E-state index in [0.29, 0.717) is 6.04 Å². The molecule has 0 aromatic heterocycles. The van der Waals surface area contributed by atoms with E-state index in [2.05, 4.69) is 68.6 Å². The molecule has 1 nitrogen and oxygen atoms in total. The van der Waals surface area contributed by atoms with Crippen molar-refractivity contribution in [3.8, 4) is 0 Å². The molecule has 2 aromatic carbocycles. The molecule has 0 heterocycles. The third kappa shape index (κ3) is 3.87. The Morgan fingerprint density at radius 2 is 1.65 bits per heavy atom. The molecule has 0 aliphatic rings. The van der Waals surface area contributed by atoms with Crippen LogP contribution in [0.4, 0.5) is 0 Å². The molecular weight excluding hydrogens is 262 g/mol. The molecule has 106 valence electrons. The van der Waals surface area contributed by atoms with E-state index in [4.69, 9.17) is 0 Å². The van der Waals surface area contributed by atoms with Gasteiger partial charge in [0.25, 0.3) is 0 Å². The number of rotatable bonds is 5. The highest BCUT2D eigenvalue weighted by molar-refractivity contribution is 7.99. The minimum Gasteiger partial charge on any atom is -0.312 e. The van der Waals surface area contributed by atoms with E-state index < -0.39 is 0 Å². The fourth-order valence-corrected chi connectivity index (χ4v) is 3.62. The quantitative estimate of drug-likeness (QED) is 0.802. The van der Waals surface area contributed by atoms with Crippen molar-refractivity contribution in [1.29, 1.82) is 0 Å². The van der Waals surface area contributed by atoms with Crippen LogP contribution in [0.25, 0.3) is 0 Å². The first-order valence-corrected chi connectivity index (χ1v) is 8.02. The Kier molecular flexibility index (Phi) is 5.27. The van der Waals surface area contributed by atoms with Crippen molar-refractivity contribution in [2.75, 3.05) is 12.8 Å². The number of hydrogen-bond acceptors (Lipinski definition) is 2. The van der Waals surface area contributed by atoms with Crippen molar-refractivity contribution < 1.29 is 0 Å². The lowest BCUT2D eigenvalue weighted by Gasteiger charge is -2.18. The summed E-state index contributed by atoms with van der Waals surface area (Å²) < 4.78 is 0. The van der Waals surface area contributed by atoms with Gasteiger partial charge in [0.15, 0.2) is 0 Å². The van der Waals surface area contributed by atoms with Crippen LogP contribution in [0, 0.1) is 20.8 Å². The predicted octanol–water partition coefficient (Wildman–Crippen LogP) is 4.66. The summed E-state index contributed by atoms with van der Waals surface area (Å²) >= 11 is 1.92. The Labute approximate surface area is 126 Å². The molecule has 0 bridgehead atoms. The fraction of sp³-hybridized carbons (Fsp3) is 0.333. The summed E-state index contributed by atoms with van der Waals surface area (Å²) in [5.41, 5.74) is 5.40. The summed E-state index contributed by atoms with van der Waals surface area (Å²) in [7, 11) is 2.04. The third-order valence-corrected chi connectivity index (χ3v) is 4.76. The molecule has 2 aromatic rings. The highest BCUT2D eigenvalue weighted by Gasteiger charge is 2.11. The number of aryl methyl sites for hydroxylation is 3. The number of nitrogens with one attached hydrogen (secondary N) is 1. The molecule has 1 N–H and O–H groups in total. The van der Waals surface area contributed by atoms with Crippen LogP contribution in [0.1, 0.15) is 28.3 Å². The molecular formula is C18H23NS. The standard InChI is InChI=1S/C18H23NS/c1-13-9-14(2)11-16(10-13)17(19-4)12-20-18-8-6-5-7-15(18)3/h5-11,17,19H,12H2,1-4H3. The monoisotopic (exact) mass is 285 g/mol. The second-order valence-corrected chi connectivity index (χ2v) is 6.40. The van der Waals surface area contributed by atoms with Crippen LogP contribution < -0.4 is 5.32 Å². The molecule has 0 amide bonds. The van der Waals surface area contributed by atoms with Gasteiger partial charge in [0, 0.05) is 16.7 Å². The highest BCUT2D eigenvalue weighted by atomic mass is 32.2. The second-order valence-electron chi connectivity index (χ2n) is 5.34. The van der Waals surface area contributed by atoms with Gasteiger partial charge in [-0.25, -0.2) is 0 Å². The minimum atomic E-state index is 0.387. The first-order valence-electron chi connectivity index (χ1n) is 7.04. The first-order chi connectivity index (χ1) is 9.60. The lowest BCUT2D eigenvalue weighted by atomic mass is 10.0. The average Bonchev–Trinajstić information content (AvgIpc) is 2.40. The van der Waals surface area contributed by atoms with Crippen LogP contribution in [0.3, 0.4) is 0 Å². The van der Waals surface area contributed by atoms with Crippen molar-refractivity contribution >= 4 is 11.8 Å². The van der Waals surface area contributed by atoms with E-state index in [1.54, 1.807) is 0 Å². The maximum atomic E-state index is 3.44. The maximum absolute atomic E-state index is 3.44. The lowest BCUT2D eigenvalue weighted by molar-refractivity contribution is 0.660. The van der Waals surface area contributed by atoms with Gasteiger partial charge in [-0.3, -0.25) is 0 Å². The summed E-state index contributed by atoms with van der Waals surface area (Å²) in [5.74, 6) is 1.05. The van der Waals surface area contributed by atoms with Gasteiger partial charge >= 0.3 is 0 Å². The zero-order valence-electron chi connectivity index (χ0n) is 12.7. The molecule has 20 heavy (non-hydrogen) atoms. The van der Waals surface area contributed by atoms with Crippen LogP contribution in [-0.2, 0) is 0 Å². The maximum Gasteiger partial charge on any atom is 0.0413 e. The number of thioether (sulfide) groups is 1. The van der Waals surface area contributed by atoms with Crippen LogP contribution in [0.2, 0.25) is 0 Å². The second kappa shape index (κ2) is 6.96. The molecule has 2 rings (SSSR count). The summed E-state index contributed by atoms with van der Waals surface area (Å²) in [6.45, 7) is 6.50. The van der Waals surface area contributed by atoms with E-state index in [0.717, 1.165) is 5.75 Å². The summed E-state index contributed by atoms with van der Waals surface area (Å²) in [5, 5.41) is 3.44. The van der Waals surface area contributed by atoms with Gasteiger partial charge in [0.05, 0.1) is 0 Å². The minimum absolute atomic E-state index is 0.387. The Bertz CT molecular complexity index is 557. The van der Waals surface area contributed by atoms with E-state index in [9.17, 15) is 0 Å². The van der Waals surface area contributed by atoms with Crippen molar-refractivity contribution in [2.24, 2.45) is 0 Å². The zero-order valence-corrected chi connectivity index (χ0v) is 13.6. The normalized spacial score (nSPS) is 12.4.